The summed E-state index contributed by atoms with van der Waals surface area (Å²) in [4.78, 5) is 11.9. The molecule has 0 spiro atoms. The second kappa shape index (κ2) is 5.63. The van der Waals surface area contributed by atoms with E-state index in [2.05, 4.69) is 0 Å². The summed E-state index contributed by atoms with van der Waals surface area (Å²) < 4.78 is 63.7. The van der Waals surface area contributed by atoms with Crippen molar-refractivity contribution in [3.8, 4) is 0 Å². The summed E-state index contributed by atoms with van der Waals surface area (Å²) in [6.45, 7) is 0. The molecule has 0 amide bonds. The summed E-state index contributed by atoms with van der Waals surface area (Å²) >= 11 is 0. The zero-order valence-electron chi connectivity index (χ0n) is 10.5. The summed E-state index contributed by atoms with van der Waals surface area (Å²) in [5.41, 5.74) is -0.970. The molecular formula is C15H9F5O. The summed E-state index contributed by atoms with van der Waals surface area (Å²) in [7, 11) is 0. The number of Topliss-reactive ketones (excluding diaryl/α,β-unsaturated/α-hetero) is 1. The molecule has 0 saturated heterocycles. The van der Waals surface area contributed by atoms with Crippen LogP contribution < -0.4 is 0 Å². The number of halogens is 5. The van der Waals surface area contributed by atoms with Crippen molar-refractivity contribution in [2.24, 2.45) is 0 Å². The van der Waals surface area contributed by atoms with E-state index in [0.717, 1.165) is 24.3 Å². The first-order chi connectivity index (χ1) is 9.75. The molecule has 2 aromatic carbocycles. The average Bonchev–Trinajstić information content (AvgIpc) is 2.37. The molecule has 0 heterocycles. The molecule has 0 aliphatic rings. The van der Waals surface area contributed by atoms with Crippen LogP contribution in [0.25, 0.3) is 0 Å². The van der Waals surface area contributed by atoms with Gasteiger partial charge < -0.3 is 0 Å². The van der Waals surface area contributed by atoms with Crippen LogP contribution in [0.5, 0.6) is 0 Å². The Balaban J connectivity index is 2.23. The summed E-state index contributed by atoms with van der Waals surface area (Å²) in [6.07, 6.45) is -4.88. The predicted octanol–water partition coefficient (Wildman–Crippen LogP) is 4.41. The minimum atomic E-state index is -4.51. The van der Waals surface area contributed by atoms with E-state index in [-0.39, 0.29) is 17.5 Å². The zero-order chi connectivity index (χ0) is 15.6. The third kappa shape index (κ3) is 3.87. The fraction of sp³-hybridized carbons (Fsp3) is 0.133. The first-order valence-corrected chi connectivity index (χ1v) is 5.91. The molecule has 0 aromatic heterocycles. The van der Waals surface area contributed by atoms with Gasteiger partial charge in [0.05, 0.1) is 5.56 Å². The molecule has 21 heavy (non-hydrogen) atoms. The number of alkyl halides is 3. The van der Waals surface area contributed by atoms with Gasteiger partial charge in [0.15, 0.2) is 5.78 Å². The van der Waals surface area contributed by atoms with Crippen LogP contribution in [-0.2, 0) is 12.6 Å². The van der Waals surface area contributed by atoms with Gasteiger partial charge in [0.25, 0.3) is 0 Å². The molecule has 1 nitrogen and oxygen atoms in total. The second-order valence-corrected chi connectivity index (χ2v) is 4.46. The Bertz CT molecular complexity index is 656. The van der Waals surface area contributed by atoms with E-state index in [9.17, 15) is 26.7 Å². The number of carbonyl (C=O) groups is 1. The van der Waals surface area contributed by atoms with Gasteiger partial charge in [0.1, 0.15) is 11.6 Å². The lowest BCUT2D eigenvalue weighted by atomic mass is 10.0. The highest BCUT2D eigenvalue weighted by Crippen LogP contribution is 2.29. The predicted molar refractivity (Wildman–Crippen MR) is 65.8 cm³/mol. The van der Waals surface area contributed by atoms with E-state index >= 15 is 0 Å². The van der Waals surface area contributed by atoms with E-state index < -0.39 is 29.2 Å². The molecular weight excluding hydrogens is 291 g/mol. The first kappa shape index (κ1) is 15.2. The lowest BCUT2D eigenvalue weighted by molar-refractivity contribution is -0.137. The standard InChI is InChI=1S/C15H9F5O/c16-12-6-10(7-13(17)8-12)14(21)5-9-2-1-3-11(4-9)15(18,19)20/h1-4,6-8H,5H2. The molecule has 0 saturated carbocycles. The zero-order valence-corrected chi connectivity index (χ0v) is 10.5. The molecule has 0 aliphatic carbocycles. The highest BCUT2D eigenvalue weighted by molar-refractivity contribution is 5.97. The SMILES string of the molecule is O=C(Cc1cccc(C(F)(F)F)c1)c1cc(F)cc(F)c1. The fourth-order valence-electron chi connectivity index (χ4n) is 1.86. The van der Waals surface area contributed by atoms with Crippen LogP contribution in [0.1, 0.15) is 21.5 Å². The van der Waals surface area contributed by atoms with Crippen LogP contribution in [0.4, 0.5) is 22.0 Å². The third-order valence-electron chi connectivity index (χ3n) is 2.80. The van der Waals surface area contributed by atoms with E-state index in [4.69, 9.17) is 0 Å². The van der Waals surface area contributed by atoms with Crippen molar-refractivity contribution in [1.82, 2.24) is 0 Å². The Labute approximate surface area is 117 Å². The van der Waals surface area contributed by atoms with Gasteiger partial charge in [0, 0.05) is 18.1 Å². The number of benzene rings is 2. The van der Waals surface area contributed by atoms with E-state index in [1.807, 2.05) is 0 Å². The van der Waals surface area contributed by atoms with Crippen LogP contribution in [0.3, 0.4) is 0 Å². The molecule has 0 N–H and O–H groups in total. The Kier molecular flexibility index (Phi) is 4.06. The Morgan fingerprint density at radius 1 is 0.952 bits per heavy atom. The third-order valence-corrected chi connectivity index (χ3v) is 2.80. The smallest absolute Gasteiger partial charge is 0.294 e. The topological polar surface area (TPSA) is 17.1 Å². The summed E-state index contributed by atoms with van der Waals surface area (Å²) in [5.74, 6) is -2.49. The van der Waals surface area contributed by atoms with Crippen molar-refractivity contribution < 1.29 is 26.7 Å². The van der Waals surface area contributed by atoms with E-state index in [1.165, 1.54) is 12.1 Å². The van der Waals surface area contributed by atoms with Crippen molar-refractivity contribution in [2.75, 3.05) is 0 Å². The second-order valence-electron chi connectivity index (χ2n) is 4.46. The van der Waals surface area contributed by atoms with E-state index in [0.29, 0.717) is 6.07 Å². The monoisotopic (exact) mass is 300 g/mol. The van der Waals surface area contributed by atoms with Crippen molar-refractivity contribution in [3.63, 3.8) is 0 Å². The van der Waals surface area contributed by atoms with Crippen molar-refractivity contribution >= 4 is 5.78 Å². The molecule has 0 fully saturated rings. The molecule has 0 unspecified atom stereocenters. The summed E-state index contributed by atoms with van der Waals surface area (Å²) in [5, 5.41) is 0. The molecule has 6 heteroatoms. The highest BCUT2D eigenvalue weighted by Gasteiger charge is 2.30. The quantitative estimate of drug-likeness (QED) is 0.606. The number of ketones is 1. The van der Waals surface area contributed by atoms with Gasteiger partial charge in [-0.15, -0.1) is 0 Å². The number of carbonyl (C=O) groups excluding carboxylic acids is 1. The summed E-state index contributed by atoms with van der Waals surface area (Å²) in [6, 6.07) is 6.56. The Morgan fingerprint density at radius 2 is 1.57 bits per heavy atom. The molecule has 110 valence electrons. The number of rotatable bonds is 3. The Morgan fingerprint density at radius 3 is 2.14 bits per heavy atom. The van der Waals surface area contributed by atoms with Crippen molar-refractivity contribution in [1.29, 1.82) is 0 Å². The maximum atomic E-state index is 13.0. The lowest BCUT2D eigenvalue weighted by Gasteiger charge is -2.08. The molecule has 0 bridgehead atoms. The molecule has 0 atom stereocenters. The van der Waals surface area contributed by atoms with E-state index in [1.54, 1.807) is 0 Å². The fourth-order valence-corrected chi connectivity index (χ4v) is 1.86. The minimum absolute atomic E-state index is 0.125. The van der Waals surface area contributed by atoms with Gasteiger partial charge in [-0.25, -0.2) is 8.78 Å². The number of hydrogen-bond acceptors (Lipinski definition) is 1. The van der Waals surface area contributed by atoms with Gasteiger partial charge in [-0.3, -0.25) is 4.79 Å². The van der Waals surface area contributed by atoms with Crippen LogP contribution in [0.15, 0.2) is 42.5 Å². The average molecular weight is 300 g/mol. The molecule has 0 radical (unpaired) electrons. The first-order valence-electron chi connectivity index (χ1n) is 5.91. The molecule has 0 aliphatic heterocycles. The minimum Gasteiger partial charge on any atom is -0.294 e. The van der Waals surface area contributed by atoms with Crippen LogP contribution in [0, 0.1) is 11.6 Å². The van der Waals surface area contributed by atoms with Gasteiger partial charge in [0.2, 0.25) is 0 Å². The molecule has 2 aromatic rings. The van der Waals surface area contributed by atoms with Gasteiger partial charge >= 0.3 is 6.18 Å². The van der Waals surface area contributed by atoms with Gasteiger partial charge in [-0.2, -0.15) is 13.2 Å². The highest BCUT2D eigenvalue weighted by atomic mass is 19.4. The van der Waals surface area contributed by atoms with Crippen LogP contribution in [0.2, 0.25) is 0 Å². The largest absolute Gasteiger partial charge is 0.416 e. The maximum absolute atomic E-state index is 13.0. The van der Waals surface area contributed by atoms with Crippen molar-refractivity contribution in [2.45, 2.75) is 12.6 Å². The molecule has 2 rings (SSSR count). The maximum Gasteiger partial charge on any atom is 0.416 e. The van der Waals surface area contributed by atoms with Gasteiger partial charge in [-0.1, -0.05) is 18.2 Å². The van der Waals surface area contributed by atoms with Gasteiger partial charge in [-0.05, 0) is 23.8 Å². The lowest BCUT2D eigenvalue weighted by Crippen LogP contribution is -2.08. The van der Waals surface area contributed by atoms with Crippen LogP contribution >= 0.6 is 0 Å². The van der Waals surface area contributed by atoms with Crippen molar-refractivity contribution in [3.05, 3.63) is 70.8 Å². The number of hydrogen-bond donors (Lipinski definition) is 0. The normalized spacial score (nSPS) is 11.5. The van der Waals surface area contributed by atoms with Crippen LogP contribution in [-0.4, -0.2) is 5.78 Å². The Hall–Kier alpha value is -2.24.